The van der Waals surface area contributed by atoms with Crippen molar-refractivity contribution in [1.29, 1.82) is 0 Å². The van der Waals surface area contributed by atoms with Crippen LogP contribution >= 0.6 is 0 Å². The van der Waals surface area contributed by atoms with Crippen LogP contribution in [0, 0.1) is 0 Å². The van der Waals surface area contributed by atoms with Crippen molar-refractivity contribution in [3.8, 4) is 0 Å². The summed E-state index contributed by atoms with van der Waals surface area (Å²) in [6.45, 7) is 0. The van der Waals surface area contributed by atoms with E-state index in [1.807, 2.05) is 0 Å². The molecule has 20 heavy (non-hydrogen) atoms. The van der Waals surface area contributed by atoms with Crippen molar-refractivity contribution in [3.63, 3.8) is 0 Å². The fourth-order valence-electron chi connectivity index (χ4n) is 1.57. The average Bonchev–Trinajstić information content (AvgIpc) is 2.69. The van der Waals surface area contributed by atoms with Crippen LogP contribution in [0.1, 0.15) is 23.2 Å². The number of hydrogen-bond acceptors (Lipinski definition) is 7. The van der Waals surface area contributed by atoms with Gasteiger partial charge in [-0.1, -0.05) is 6.07 Å². The van der Waals surface area contributed by atoms with E-state index >= 15 is 0 Å². The molecule has 9 heteroatoms. The normalized spacial score (nSPS) is 15.6. The second kappa shape index (κ2) is 5.02. The molecule has 1 aromatic carbocycles. The standard InChI is InChI=1S/C11H9NO7S/c13-9-4-5-10(14)12(9)19-11(15)7-2-1-3-8(6-7)20(16,17)18/h1-3,6H,4-5H2,(H,16,17,18)/p-1. The number of carbonyl (C=O) groups excluding carboxylic acids is 3. The van der Waals surface area contributed by atoms with Gasteiger partial charge in [-0.25, -0.2) is 13.2 Å². The summed E-state index contributed by atoms with van der Waals surface area (Å²) in [6, 6.07) is 4.21. The van der Waals surface area contributed by atoms with Crippen molar-refractivity contribution in [2.45, 2.75) is 17.7 Å². The maximum Gasteiger partial charge on any atom is 0.363 e. The highest BCUT2D eigenvalue weighted by Crippen LogP contribution is 2.16. The summed E-state index contributed by atoms with van der Waals surface area (Å²) in [5.41, 5.74) is -0.255. The molecule has 0 atom stereocenters. The Kier molecular flexibility index (Phi) is 3.55. The van der Waals surface area contributed by atoms with Gasteiger partial charge in [0.15, 0.2) is 0 Å². The largest absolute Gasteiger partial charge is 0.744 e. The third-order valence-corrected chi connectivity index (χ3v) is 3.37. The SMILES string of the molecule is O=C(ON1C(=O)CCC1=O)c1cccc(S(=O)(=O)[O-])c1. The lowest BCUT2D eigenvalue weighted by Gasteiger charge is -2.13. The molecule has 0 saturated carbocycles. The Balaban J connectivity index is 2.22. The molecule has 0 N–H and O–H groups in total. The molecule has 1 aliphatic rings. The first-order valence-electron chi connectivity index (χ1n) is 5.43. The van der Waals surface area contributed by atoms with Gasteiger partial charge in [0.05, 0.1) is 10.5 Å². The van der Waals surface area contributed by atoms with Gasteiger partial charge in [-0.2, -0.15) is 0 Å². The quantitative estimate of drug-likeness (QED) is 0.560. The van der Waals surface area contributed by atoms with E-state index < -0.39 is 32.8 Å². The molecule has 1 fully saturated rings. The van der Waals surface area contributed by atoms with Crippen molar-refractivity contribution in [2.24, 2.45) is 0 Å². The van der Waals surface area contributed by atoms with E-state index in [1.54, 1.807) is 0 Å². The zero-order chi connectivity index (χ0) is 14.9. The highest BCUT2D eigenvalue weighted by Gasteiger charge is 2.33. The van der Waals surface area contributed by atoms with E-state index in [0.29, 0.717) is 5.06 Å². The lowest BCUT2D eigenvalue weighted by atomic mass is 10.2. The van der Waals surface area contributed by atoms with Gasteiger partial charge in [-0.15, -0.1) is 5.06 Å². The maximum absolute atomic E-state index is 11.7. The lowest BCUT2D eigenvalue weighted by molar-refractivity contribution is -0.172. The van der Waals surface area contributed by atoms with Gasteiger partial charge in [0.25, 0.3) is 11.8 Å². The van der Waals surface area contributed by atoms with E-state index in [1.165, 1.54) is 12.1 Å². The predicted octanol–water partition coefficient (Wildman–Crippen LogP) is -0.189. The molecule has 8 nitrogen and oxygen atoms in total. The Morgan fingerprint density at radius 3 is 2.35 bits per heavy atom. The van der Waals surface area contributed by atoms with Gasteiger partial charge in [0.1, 0.15) is 10.1 Å². The summed E-state index contributed by atoms with van der Waals surface area (Å²) in [5, 5.41) is 0.334. The molecular formula is C11H8NO7S-. The molecule has 1 aromatic rings. The number of rotatable bonds is 3. The Morgan fingerprint density at radius 2 is 1.80 bits per heavy atom. The molecule has 1 heterocycles. The lowest BCUT2D eigenvalue weighted by Crippen LogP contribution is -2.32. The summed E-state index contributed by atoms with van der Waals surface area (Å²) >= 11 is 0. The molecule has 2 amide bonds. The fourth-order valence-corrected chi connectivity index (χ4v) is 2.09. The first kappa shape index (κ1) is 14.2. The topological polar surface area (TPSA) is 121 Å². The number of amides is 2. The molecule has 2 rings (SSSR count). The zero-order valence-corrected chi connectivity index (χ0v) is 10.8. The molecule has 106 valence electrons. The van der Waals surface area contributed by atoms with Gasteiger partial charge >= 0.3 is 5.97 Å². The van der Waals surface area contributed by atoms with Gasteiger partial charge < -0.3 is 9.39 Å². The monoisotopic (exact) mass is 298 g/mol. The number of benzene rings is 1. The number of imide groups is 1. The van der Waals surface area contributed by atoms with Crippen LogP contribution in [0.4, 0.5) is 0 Å². The van der Waals surface area contributed by atoms with Crippen molar-refractivity contribution < 1.29 is 32.2 Å². The first-order valence-corrected chi connectivity index (χ1v) is 6.84. The minimum absolute atomic E-state index is 0.0545. The minimum atomic E-state index is -4.71. The van der Waals surface area contributed by atoms with Crippen molar-refractivity contribution in [1.82, 2.24) is 5.06 Å². The van der Waals surface area contributed by atoms with Gasteiger partial charge in [0.2, 0.25) is 0 Å². The van der Waals surface area contributed by atoms with E-state index in [9.17, 15) is 27.4 Å². The molecule has 0 aromatic heterocycles. The summed E-state index contributed by atoms with van der Waals surface area (Å²) < 4.78 is 32.5. The third kappa shape index (κ3) is 2.83. The molecule has 0 spiro atoms. The highest BCUT2D eigenvalue weighted by atomic mass is 32.2. The Bertz CT molecular complexity index is 678. The number of hydrogen-bond donors (Lipinski definition) is 0. The van der Waals surface area contributed by atoms with Crippen molar-refractivity contribution in [2.75, 3.05) is 0 Å². The van der Waals surface area contributed by atoms with Gasteiger partial charge in [-0.05, 0) is 18.2 Å². The molecule has 0 unspecified atom stereocenters. The van der Waals surface area contributed by atoms with Crippen LogP contribution in [-0.4, -0.2) is 35.8 Å². The fraction of sp³-hybridized carbons (Fsp3) is 0.182. The third-order valence-electron chi connectivity index (χ3n) is 2.54. The Hall–Kier alpha value is -2.26. The number of carbonyl (C=O) groups is 3. The van der Waals surface area contributed by atoms with E-state index in [0.717, 1.165) is 12.1 Å². The molecular weight excluding hydrogens is 290 g/mol. The summed E-state index contributed by atoms with van der Waals surface area (Å²) in [4.78, 5) is 38.2. The van der Waals surface area contributed by atoms with Crippen LogP contribution in [0.2, 0.25) is 0 Å². The first-order chi connectivity index (χ1) is 9.29. The smallest absolute Gasteiger partial charge is 0.363 e. The van der Waals surface area contributed by atoms with E-state index in [-0.39, 0.29) is 18.4 Å². The van der Waals surface area contributed by atoms with Crippen LogP contribution in [-0.2, 0) is 24.5 Å². The molecule has 1 saturated heterocycles. The Labute approximate surface area is 113 Å². The highest BCUT2D eigenvalue weighted by molar-refractivity contribution is 7.85. The minimum Gasteiger partial charge on any atom is -0.744 e. The molecule has 0 bridgehead atoms. The van der Waals surface area contributed by atoms with Crippen molar-refractivity contribution in [3.05, 3.63) is 29.8 Å². The van der Waals surface area contributed by atoms with E-state index in [4.69, 9.17) is 0 Å². The van der Waals surface area contributed by atoms with Crippen LogP contribution < -0.4 is 0 Å². The van der Waals surface area contributed by atoms with Crippen LogP contribution in [0.5, 0.6) is 0 Å². The zero-order valence-electron chi connectivity index (χ0n) is 9.94. The summed E-state index contributed by atoms with van der Waals surface area (Å²) in [5.74, 6) is -2.41. The number of nitrogens with zero attached hydrogens (tertiary/aromatic N) is 1. The van der Waals surface area contributed by atoms with Crippen LogP contribution in [0.25, 0.3) is 0 Å². The van der Waals surface area contributed by atoms with Gasteiger partial charge in [-0.3, -0.25) is 9.59 Å². The van der Waals surface area contributed by atoms with Crippen LogP contribution in [0.15, 0.2) is 29.2 Å². The van der Waals surface area contributed by atoms with E-state index in [2.05, 4.69) is 4.84 Å². The molecule has 0 radical (unpaired) electrons. The number of hydroxylamine groups is 2. The maximum atomic E-state index is 11.7. The second-order valence-corrected chi connectivity index (χ2v) is 5.32. The second-order valence-electron chi connectivity index (χ2n) is 3.94. The van der Waals surface area contributed by atoms with Crippen molar-refractivity contribution >= 4 is 27.9 Å². The summed E-state index contributed by atoms with van der Waals surface area (Å²) in [7, 11) is -4.71. The van der Waals surface area contributed by atoms with Gasteiger partial charge in [0, 0.05) is 12.8 Å². The van der Waals surface area contributed by atoms with Crippen LogP contribution in [0.3, 0.4) is 0 Å². The average molecular weight is 298 g/mol. The molecule has 1 aliphatic heterocycles. The molecule has 0 aliphatic carbocycles. The predicted molar refractivity (Wildman–Crippen MR) is 60.9 cm³/mol. The summed E-state index contributed by atoms with van der Waals surface area (Å²) in [6.07, 6.45) is -0.109. The Morgan fingerprint density at radius 1 is 1.20 bits per heavy atom.